The van der Waals surface area contributed by atoms with Gasteiger partial charge in [0.15, 0.2) is 11.5 Å². The molecule has 2 aliphatic carbocycles. The van der Waals surface area contributed by atoms with E-state index in [0.29, 0.717) is 29.9 Å². The van der Waals surface area contributed by atoms with E-state index in [9.17, 15) is 18.0 Å². The number of urea groups is 1. The summed E-state index contributed by atoms with van der Waals surface area (Å²) in [6.45, 7) is 0. The number of hydrogen-bond donors (Lipinski definition) is 4. The third-order valence-electron chi connectivity index (χ3n) is 6.30. The summed E-state index contributed by atoms with van der Waals surface area (Å²) < 4.78 is 40.7. The third kappa shape index (κ3) is 3.38. The van der Waals surface area contributed by atoms with Crippen LogP contribution in [-0.2, 0) is 19.0 Å². The van der Waals surface area contributed by atoms with Crippen molar-refractivity contribution in [3.05, 3.63) is 35.2 Å². The predicted octanol–water partition coefficient (Wildman–Crippen LogP) is 4.68. The standard InChI is InChI=1S/C22H20F3N7O/c23-22(24,25)19-13(9-26-31-19)18-12-4-2-1-3-11(12)16-14(28-18)7-8-15-17(16)20(32-30-15)29-21(33)27-10-5-6-10/h7-10H,1-6H2,(H,26,31)(H3,27,29,30,32,33). The van der Waals surface area contributed by atoms with Gasteiger partial charge in [-0.2, -0.15) is 23.4 Å². The molecule has 2 amide bonds. The average Bonchev–Trinajstić information content (AvgIpc) is 3.29. The zero-order valence-electron chi connectivity index (χ0n) is 17.4. The van der Waals surface area contributed by atoms with Gasteiger partial charge in [0.2, 0.25) is 0 Å². The molecule has 6 rings (SSSR count). The van der Waals surface area contributed by atoms with Gasteiger partial charge in [-0.3, -0.25) is 15.5 Å². The second kappa shape index (κ2) is 7.19. The highest BCUT2D eigenvalue weighted by Gasteiger charge is 2.38. The number of aromatic amines is 2. The number of halogens is 3. The van der Waals surface area contributed by atoms with Crippen LogP contribution in [0.3, 0.4) is 0 Å². The molecular formula is C22H20F3N7O. The van der Waals surface area contributed by atoms with Crippen molar-refractivity contribution in [3.8, 4) is 11.3 Å². The van der Waals surface area contributed by atoms with Crippen LogP contribution in [0.25, 0.3) is 33.1 Å². The summed E-state index contributed by atoms with van der Waals surface area (Å²) in [5, 5.41) is 20.3. The third-order valence-corrected chi connectivity index (χ3v) is 6.30. The molecule has 0 spiro atoms. The first-order chi connectivity index (χ1) is 15.9. The number of alkyl halides is 3. The normalized spacial score (nSPS) is 16.2. The van der Waals surface area contributed by atoms with Crippen LogP contribution in [0.5, 0.6) is 0 Å². The first-order valence-electron chi connectivity index (χ1n) is 10.9. The number of hydrogen-bond acceptors (Lipinski definition) is 4. The van der Waals surface area contributed by atoms with Crippen molar-refractivity contribution >= 4 is 33.7 Å². The first-order valence-corrected chi connectivity index (χ1v) is 10.9. The number of pyridine rings is 1. The van der Waals surface area contributed by atoms with Crippen molar-refractivity contribution in [2.75, 3.05) is 5.32 Å². The van der Waals surface area contributed by atoms with Gasteiger partial charge in [0.05, 0.1) is 27.7 Å². The van der Waals surface area contributed by atoms with Crippen LogP contribution in [0.4, 0.5) is 23.8 Å². The highest BCUT2D eigenvalue weighted by molar-refractivity contribution is 6.15. The fourth-order valence-corrected chi connectivity index (χ4v) is 4.69. The lowest BCUT2D eigenvalue weighted by Crippen LogP contribution is -2.30. The number of fused-ring (bicyclic) bond motifs is 5. The highest BCUT2D eigenvalue weighted by Crippen LogP contribution is 2.42. The van der Waals surface area contributed by atoms with Crippen LogP contribution in [0.1, 0.15) is 42.5 Å². The van der Waals surface area contributed by atoms with Gasteiger partial charge < -0.3 is 5.32 Å². The van der Waals surface area contributed by atoms with E-state index in [1.807, 2.05) is 0 Å². The molecule has 4 aromatic rings. The molecule has 0 radical (unpaired) electrons. The molecule has 8 nitrogen and oxygen atoms in total. The summed E-state index contributed by atoms with van der Waals surface area (Å²) in [6, 6.07) is 3.42. The first kappa shape index (κ1) is 20.0. The van der Waals surface area contributed by atoms with Crippen molar-refractivity contribution in [1.29, 1.82) is 0 Å². The minimum absolute atomic E-state index is 0.0444. The number of aromatic nitrogens is 5. The highest BCUT2D eigenvalue weighted by atomic mass is 19.4. The molecule has 1 aromatic carbocycles. The van der Waals surface area contributed by atoms with Gasteiger partial charge in [-0.15, -0.1) is 0 Å². The van der Waals surface area contributed by atoms with Crippen molar-refractivity contribution in [2.45, 2.75) is 50.7 Å². The minimum Gasteiger partial charge on any atom is -0.335 e. The molecule has 0 saturated heterocycles. The molecule has 1 saturated carbocycles. The fourth-order valence-electron chi connectivity index (χ4n) is 4.69. The number of rotatable bonds is 3. The topological polar surface area (TPSA) is 111 Å². The smallest absolute Gasteiger partial charge is 0.335 e. The van der Waals surface area contributed by atoms with E-state index in [1.54, 1.807) is 12.1 Å². The van der Waals surface area contributed by atoms with E-state index in [4.69, 9.17) is 0 Å². The lowest BCUT2D eigenvalue weighted by atomic mass is 9.85. The van der Waals surface area contributed by atoms with Crippen LogP contribution in [0.15, 0.2) is 18.3 Å². The van der Waals surface area contributed by atoms with E-state index >= 15 is 0 Å². The SMILES string of the molecule is O=C(Nc1n[nH]c2ccc3nc(-c4c[nH]nc4C(F)(F)F)c4c(c3c12)CCCC4)NC1CC1. The van der Waals surface area contributed by atoms with Crippen molar-refractivity contribution in [1.82, 2.24) is 30.7 Å². The molecule has 4 N–H and O–H groups in total. The Labute approximate surface area is 185 Å². The van der Waals surface area contributed by atoms with Crippen LogP contribution in [-0.4, -0.2) is 37.5 Å². The quantitative estimate of drug-likeness (QED) is 0.359. The molecule has 11 heteroatoms. The molecule has 3 heterocycles. The van der Waals surface area contributed by atoms with E-state index in [1.165, 1.54) is 6.20 Å². The van der Waals surface area contributed by atoms with Gasteiger partial charge in [0.1, 0.15) is 0 Å². The number of amides is 2. The van der Waals surface area contributed by atoms with Crippen molar-refractivity contribution < 1.29 is 18.0 Å². The molecule has 2 aliphatic rings. The zero-order valence-corrected chi connectivity index (χ0v) is 17.4. The van der Waals surface area contributed by atoms with E-state index in [0.717, 1.165) is 53.1 Å². The lowest BCUT2D eigenvalue weighted by molar-refractivity contribution is -0.140. The van der Waals surface area contributed by atoms with Gasteiger partial charge in [-0.05, 0) is 61.8 Å². The van der Waals surface area contributed by atoms with Gasteiger partial charge in [-0.1, -0.05) is 0 Å². The number of benzene rings is 1. The molecule has 0 unspecified atom stereocenters. The fraction of sp³-hybridized carbons (Fsp3) is 0.364. The Balaban J connectivity index is 1.56. The molecule has 1 fully saturated rings. The minimum atomic E-state index is -4.59. The summed E-state index contributed by atoms with van der Waals surface area (Å²) in [7, 11) is 0. The Bertz CT molecular complexity index is 1400. The summed E-state index contributed by atoms with van der Waals surface area (Å²) >= 11 is 0. The molecule has 170 valence electrons. The number of carbonyl (C=O) groups is 1. The number of nitrogens with one attached hydrogen (secondary N) is 4. The molecular weight excluding hydrogens is 435 g/mol. The van der Waals surface area contributed by atoms with E-state index in [2.05, 4.69) is 36.0 Å². The van der Waals surface area contributed by atoms with Crippen LogP contribution in [0, 0.1) is 0 Å². The summed E-state index contributed by atoms with van der Waals surface area (Å²) in [4.78, 5) is 17.0. The molecule has 0 aliphatic heterocycles. The Kier molecular flexibility index (Phi) is 4.36. The number of aryl methyl sites for hydroxylation is 1. The molecule has 3 aromatic heterocycles. The van der Waals surface area contributed by atoms with E-state index < -0.39 is 11.9 Å². The Morgan fingerprint density at radius 1 is 1.06 bits per heavy atom. The maximum absolute atomic E-state index is 13.6. The van der Waals surface area contributed by atoms with Crippen molar-refractivity contribution in [2.24, 2.45) is 0 Å². The Hall–Kier alpha value is -3.63. The average molecular weight is 455 g/mol. The van der Waals surface area contributed by atoms with Crippen molar-refractivity contribution in [3.63, 3.8) is 0 Å². The van der Waals surface area contributed by atoms with Gasteiger partial charge in [-0.25, -0.2) is 9.78 Å². The van der Waals surface area contributed by atoms with Crippen LogP contribution < -0.4 is 10.6 Å². The second-order valence-corrected chi connectivity index (χ2v) is 8.60. The number of anilines is 1. The molecule has 0 bridgehead atoms. The van der Waals surface area contributed by atoms with Gasteiger partial charge >= 0.3 is 12.2 Å². The predicted molar refractivity (Wildman–Crippen MR) is 116 cm³/mol. The van der Waals surface area contributed by atoms with E-state index in [-0.39, 0.29) is 17.6 Å². The second-order valence-electron chi connectivity index (χ2n) is 8.60. The molecule has 0 atom stereocenters. The number of carbonyl (C=O) groups excluding carboxylic acids is 1. The van der Waals surface area contributed by atoms with Crippen LogP contribution in [0.2, 0.25) is 0 Å². The monoisotopic (exact) mass is 455 g/mol. The summed E-state index contributed by atoms with van der Waals surface area (Å²) in [5.74, 6) is 0.385. The van der Waals surface area contributed by atoms with Crippen LogP contribution >= 0.6 is 0 Å². The largest absolute Gasteiger partial charge is 0.435 e. The number of nitrogens with zero attached hydrogens (tertiary/aromatic N) is 3. The maximum atomic E-state index is 13.6. The Morgan fingerprint density at radius 3 is 2.61 bits per heavy atom. The summed E-state index contributed by atoms with van der Waals surface area (Å²) in [6.07, 6.45) is 1.71. The number of H-pyrrole nitrogens is 2. The summed E-state index contributed by atoms with van der Waals surface area (Å²) in [5.41, 5.74) is 2.33. The van der Waals surface area contributed by atoms with Gasteiger partial charge in [0.25, 0.3) is 0 Å². The Morgan fingerprint density at radius 2 is 1.85 bits per heavy atom. The van der Waals surface area contributed by atoms with Gasteiger partial charge in [0, 0.05) is 17.6 Å². The maximum Gasteiger partial charge on any atom is 0.435 e. The molecule has 33 heavy (non-hydrogen) atoms. The lowest BCUT2D eigenvalue weighted by Gasteiger charge is -2.22. The zero-order chi connectivity index (χ0) is 22.7.